The van der Waals surface area contributed by atoms with Crippen molar-refractivity contribution in [2.75, 3.05) is 23.4 Å². The molecule has 1 aliphatic rings. The predicted octanol–water partition coefficient (Wildman–Crippen LogP) is 3.01. The zero-order valence-corrected chi connectivity index (χ0v) is 14.1. The van der Waals surface area contributed by atoms with Gasteiger partial charge >= 0.3 is 6.03 Å². The fourth-order valence-corrected chi connectivity index (χ4v) is 2.85. The van der Waals surface area contributed by atoms with Gasteiger partial charge in [0.1, 0.15) is 11.8 Å². The Morgan fingerprint density at radius 2 is 1.88 bits per heavy atom. The van der Waals surface area contributed by atoms with Crippen LogP contribution >= 0.6 is 0 Å². The Hall–Kier alpha value is -3.02. The molecule has 0 saturated carbocycles. The Morgan fingerprint density at radius 3 is 2.64 bits per heavy atom. The Balaban J connectivity index is 1.62. The van der Waals surface area contributed by atoms with Crippen LogP contribution in [0.4, 0.5) is 16.2 Å². The van der Waals surface area contributed by atoms with E-state index in [-0.39, 0.29) is 5.91 Å². The summed E-state index contributed by atoms with van der Waals surface area (Å²) < 4.78 is 5.49. The van der Waals surface area contributed by atoms with Gasteiger partial charge in [-0.15, -0.1) is 0 Å². The number of amides is 3. The lowest BCUT2D eigenvalue weighted by Gasteiger charge is -2.17. The summed E-state index contributed by atoms with van der Waals surface area (Å²) in [4.78, 5) is 26.5. The van der Waals surface area contributed by atoms with Gasteiger partial charge in [-0.2, -0.15) is 0 Å². The van der Waals surface area contributed by atoms with Crippen molar-refractivity contribution >= 4 is 23.3 Å². The van der Waals surface area contributed by atoms with Crippen molar-refractivity contribution in [1.29, 1.82) is 0 Å². The summed E-state index contributed by atoms with van der Waals surface area (Å²) in [7, 11) is 0. The topological polar surface area (TPSA) is 70.7 Å². The number of hydrogen-bond donors (Lipinski definition) is 2. The predicted molar refractivity (Wildman–Crippen MR) is 97.0 cm³/mol. The van der Waals surface area contributed by atoms with Gasteiger partial charge < -0.3 is 20.3 Å². The molecular formula is C19H21N3O3. The molecule has 0 radical (unpaired) electrons. The summed E-state index contributed by atoms with van der Waals surface area (Å²) in [6.07, 6.45) is 0.578. The largest absolute Gasteiger partial charge is 0.492 e. The van der Waals surface area contributed by atoms with Crippen LogP contribution in [0.25, 0.3) is 0 Å². The Labute approximate surface area is 146 Å². The third-order valence-electron chi connectivity index (χ3n) is 4.01. The number of ether oxygens (including phenoxy) is 1. The van der Waals surface area contributed by atoms with E-state index in [0.717, 1.165) is 5.69 Å². The first-order valence-corrected chi connectivity index (χ1v) is 8.35. The number of anilines is 2. The van der Waals surface area contributed by atoms with Crippen molar-refractivity contribution in [2.45, 2.75) is 19.4 Å². The number of rotatable bonds is 5. The van der Waals surface area contributed by atoms with Gasteiger partial charge in [0.05, 0.1) is 12.3 Å². The van der Waals surface area contributed by atoms with Gasteiger partial charge in [0.15, 0.2) is 0 Å². The first-order chi connectivity index (χ1) is 12.2. The SMILES string of the molecule is CCOc1ccccc1NC(=O)N[C@H]1CCN(c2ccccc2)C1=O. The average molecular weight is 339 g/mol. The second-order valence-electron chi connectivity index (χ2n) is 5.69. The molecule has 0 bridgehead atoms. The molecular weight excluding hydrogens is 318 g/mol. The van der Waals surface area contributed by atoms with E-state index in [1.54, 1.807) is 17.0 Å². The summed E-state index contributed by atoms with van der Waals surface area (Å²) in [6, 6.07) is 15.7. The highest BCUT2D eigenvalue weighted by Crippen LogP contribution is 2.24. The summed E-state index contributed by atoms with van der Waals surface area (Å²) in [5.41, 5.74) is 1.42. The standard InChI is InChI=1S/C19H21N3O3/c1-2-25-17-11-7-6-10-15(17)20-19(24)21-16-12-13-22(18(16)23)14-8-4-3-5-9-14/h3-11,16H,2,12-13H2,1H3,(H2,20,21,24)/t16-/m0/s1. The van der Waals surface area contributed by atoms with Crippen LogP contribution in [0.2, 0.25) is 0 Å². The maximum Gasteiger partial charge on any atom is 0.319 e. The van der Waals surface area contributed by atoms with Crippen molar-refractivity contribution in [2.24, 2.45) is 0 Å². The number of para-hydroxylation sites is 3. The van der Waals surface area contributed by atoms with Gasteiger partial charge in [-0.3, -0.25) is 4.79 Å². The third kappa shape index (κ3) is 3.91. The monoisotopic (exact) mass is 339 g/mol. The average Bonchev–Trinajstić information content (AvgIpc) is 2.98. The molecule has 2 aromatic carbocycles. The molecule has 130 valence electrons. The minimum Gasteiger partial charge on any atom is -0.492 e. The number of hydrogen-bond acceptors (Lipinski definition) is 3. The van der Waals surface area contributed by atoms with Crippen molar-refractivity contribution in [1.82, 2.24) is 5.32 Å². The van der Waals surface area contributed by atoms with Crippen LogP contribution in [0, 0.1) is 0 Å². The molecule has 3 rings (SSSR count). The van der Waals surface area contributed by atoms with Crippen LogP contribution in [0.3, 0.4) is 0 Å². The second kappa shape index (κ2) is 7.70. The zero-order valence-electron chi connectivity index (χ0n) is 14.1. The van der Waals surface area contributed by atoms with Gasteiger partial charge in [0, 0.05) is 12.2 Å². The number of benzene rings is 2. The quantitative estimate of drug-likeness (QED) is 0.880. The molecule has 0 aromatic heterocycles. The van der Waals surface area contributed by atoms with Crippen molar-refractivity contribution in [3.63, 3.8) is 0 Å². The molecule has 2 aromatic rings. The maximum absolute atomic E-state index is 12.5. The van der Waals surface area contributed by atoms with Crippen molar-refractivity contribution in [3.05, 3.63) is 54.6 Å². The first-order valence-electron chi connectivity index (χ1n) is 8.35. The van der Waals surface area contributed by atoms with E-state index >= 15 is 0 Å². The minimum atomic E-state index is -0.528. The third-order valence-corrected chi connectivity index (χ3v) is 4.01. The van der Waals surface area contributed by atoms with E-state index in [1.807, 2.05) is 49.4 Å². The van der Waals surface area contributed by atoms with Gasteiger partial charge in [-0.05, 0) is 37.6 Å². The van der Waals surface area contributed by atoms with Crippen LogP contribution in [0.1, 0.15) is 13.3 Å². The molecule has 0 aliphatic carbocycles. The summed E-state index contributed by atoms with van der Waals surface area (Å²) in [5, 5.41) is 5.50. The van der Waals surface area contributed by atoms with Crippen LogP contribution < -0.4 is 20.3 Å². The van der Waals surface area contributed by atoms with Crippen molar-refractivity contribution < 1.29 is 14.3 Å². The molecule has 1 heterocycles. The molecule has 0 unspecified atom stereocenters. The van der Waals surface area contributed by atoms with E-state index in [1.165, 1.54) is 0 Å². The highest BCUT2D eigenvalue weighted by atomic mass is 16.5. The van der Waals surface area contributed by atoms with Crippen LogP contribution in [-0.4, -0.2) is 31.1 Å². The highest BCUT2D eigenvalue weighted by Gasteiger charge is 2.33. The summed E-state index contributed by atoms with van der Waals surface area (Å²) >= 11 is 0. The van der Waals surface area contributed by atoms with Crippen molar-refractivity contribution in [3.8, 4) is 5.75 Å². The number of urea groups is 1. The molecule has 1 saturated heterocycles. The van der Waals surface area contributed by atoms with Gasteiger partial charge in [-0.1, -0.05) is 30.3 Å². The molecule has 0 spiro atoms. The molecule has 6 nitrogen and oxygen atoms in total. The van der Waals surface area contributed by atoms with Gasteiger partial charge in [-0.25, -0.2) is 4.79 Å². The Bertz CT molecular complexity index is 749. The molecule has 1 aliphatic heterocycles. The van der Waals surface area contributed by atoms with E-state index in [4.69, 9.17) is 4.74 Å². The Kier molecular flexibility index (Phi) is 5.18. The molecule has 3 amide bonds. The van der Waals surface area contributed by atoms with Crippen LogP contribution in [0.5, 0.6) is 5.75 Å². The number of carbonyl (C=O) groups excluding carboxylic acids is 2. The van der Waals surface area contributed by atoms with Crippen LogP contribution in [-0.2, 0) is 4.79 Å². The van der Waals surface area contributed by atoms with E-state index < -0.39 is 12.1 Å². The molecule has 6 heteroatoms. The smallest absolute Gasteiger partial charge is 0.319 e. The van der Waals surface area contributed by atoms with E-state index in [0.29, 0.717) is 31.0 Å². The number of carbonyl (C=O) groups is 2. The lowest BCUT2D eigenvalue weighted by atomic mass is 10.2. The fourth-order valence-electron chi connectivity index (χ4n) is 2.85. The molecule has 1 atom stereocenters. The fraction of sp³-hybridized carbons (Fsp3) is 0.263. The molecule has 2 N–H and O–H groups in total. The van der Waals surface area contributed by atoms with E-state index in [9.17, 15) is 9.59 Å². The first kappa shape index (κ1) is 16.8. The van der Waals surface area contributed by atoms with E-state index in [2.05, 4.69) is 10.6 Å². The summed E-state index contributed by atoms with van der Waals surface area (Å²) in [5.74, 6) is 0.503. The van der Waals surface area contributed by atoms with Crippen LogP contribution in [0.15, 0.2) is 54.6 Å². The minimum absolute atomic E-state index is 0.0977. The lowest BCUT2D eigenvalue weighted by molar-refractivity contribution is -0.118. The summed E-state index contributed by atoms with van der Waals surface area (Å²) in [6.45, 7) is 2.98. The lowest BCUT2D eigenvalue weighted by Crippen LogP contribution is -2.43. The Morgan fingerprint density at radius 1 is 1.16 bits per heavy atom. The highest BCUT2D eigenvalue weighted by molar-refractivity contribution is 6.02. The maximum atomic E-state index is 12.5. The number of nitrogens with one attached hydrogen (secondary N) is 2. The number of nitrogens with zero attached hydrogens (tertiary/aromatic N) is 1. The zero-order chi connectivity index (χ0) is 17.6. The second-order valence-corrected chi connectivity index (χ2v) is 5.69. The van der Waals surface area contributed by atoms with Gasteiger partial charge in [0.2, 0.25) is 5.91 Å². The van der Waals surface area contributed by atoms with Gasteiger partial charge in [0.25, 0.3) is 0 Å². The molecule has 25 heavy (non-hydrogen) atoms. The normalized spacial score (nSPS) is 16.6. The molecule has 1 fully saturated rings.